The highest BCUT2D eigenvalue weighted by Gasteiger charge is 2.26. The molecule has 0 bridgehead atoms. The van der Waals surface area contributed by atoms with Gasteiger partial charge in [-0.25, -0.2) is 0 Å². The van der Waals surface area contributed by atoms with Crippen LogP contribution in [0, 0.1) is 0 Å². The van der Waals surface area contributed by atoms with Gasteiger partial charge in [-0.2, -0.15) is 0 Å². The molecule has 0 unspecified atom stereocenters. The number of benzene rings is 2. The monoisotopic (exact) mass is 549 g/mol. The zero-order valence-electron chi connectivity index (χ0n) is 21.7. The molecule has 5 rings (SSSR count). The predicted molar refractivity (Wildman–Crippen MR) is 156 cm³/mol. The van der Waals surface area contributed by atoms with Crippen molar-refractivity contribution in [3.05, 3.63) is 75.9 Å². The Balaban J connectivity index is 1.58. The molecule has 8 heteroatoms. The molecule has 3 aromatic rings. The molecule has 0 atom stereocenters. The number of likely N-dealkylation sites (N-methyl/N-ethyl adjacent to an activating group) is 1. The molecule has 2 aliphatic rings. The Kier molecular flexibility index (Phi) is 7.37. The Morgan fingerprint density at radius 3 is 2.50 bits per heavy atom. The molecular formula is C30H29Cl2N3O3. The van der Waals surface area contributed by atoms with Gasteiger partial charge in [-0.3, -0.25) is 9.78 Å². The number of hydrogen-bond acceptors (Lipinski definition) is 5. The molecule has 0 N–H and O–H groups in total. The summed E-state index contributed by atoms with van der Waals surface area (Å²) in [6.07, 6.45) is 7.21. The smallest absolute Gasteiger partial charge is 0.250 e. The molecule has 3 heterocycles. The highest BCUT2D eigenvalue weighted by molar-refractivity contribution is 6.40. The molecule has 1 amide bonds. The van der Waals surface area contributed by atoms with Gasteiger partial charge in [0.25, 0.3) is 0 Å². The fourth-order valence-electron chi connectivity index (χ4n) is 5.20. The summed E-state index contributed by atoms with van der Waals surface area (Å²) in [4.78, 5) is 21.3. The first-order valence-electron chi connectivity index (χ1n) is 12.5. The van der Waals surface area contributed by atoms with Gasteiger partial charge in [-0.05, 0) is 55.2 Å². The highest BCUT2D eigenvalue weighted by atomic mass is 35.5. The van der Waals surface area contributed by atoms with E-state index in [0.29, 0.717) is 40.2 Å². The minimum absolute atomic E-state index is 0.0807. The van der Waals surface area contributed by atoms with Crippen LogP contribution in [0.1, 0.15) is 30.0 Å². The zero-order valence-corrected chi connectivity index (χ0v) is 23.2. The number of carbonyl (C=O) groups is 1. The van der Waals surface area contributed by atoms with E-state index in [4.69, 9.17) is 37.7 Å². The summed E-state index contributed by atoms with van der Waals surface area (Å²) >= 11 is 13.5. The molecular weight excluding hydrogens is 521 g/mol. The summed E-state index contributed by atoms with van der Waals surface area (Å²) in [6.45, 7) is 7.85. The van der Waals surface area contributed by atoms with Crippen molar-refractivity contribution in [3.8, 4) is 22.8 Å². The van der Waals surface area contributed by atoms with Gasteiger partial charge in [0, 0.05) is 60.0 Å². The van der Waals surface area contributed by atoms with E-state index in [9.17, 15) is 4.79 Å². The average Bonchev–Trinajstić information content (AvgIpc) is 2.95. The average molecular weight is 550 g/mol. The third-order valence-corrected chi connectivity index (χ3v) is 7.91. The molecule has 2 aromatic carbocycles. The van der Waals surface area contributed by atoms with Crippen molar-refractivity contribution in [3.63, 3.8) is 0 Å². The molecule has 2 aliphatic heterocycles. The second kappa shape index (κ2) is 10.7. The van der Waals surface area contributed by atoms with E-state index >= 15 is 0 Å². The van der Waals surface area contributed by atoms with Gasteiger partial charge >= 0.3 is 0 Å². The van der Waals surface area contributed by atoms with Gasteiger partial charge in [-0.15, -0.1) is 0 Å². The summed E-state index contributed by atoms with van der Waals surface area (Å²) in [7, 11) is 3.14. The second-order valence-corrected chi connectivity index (χ2v) is 9.99. The molecule has 1 aromatic heterocycles. The van der Waals surface area contributed by atoms with Crippen LogP contribution in [0.5, 0.6) is 11.5 Å². The lowest BCUT2D eigenvalue weighted by Gasteiger charge is -2.32. The lowest BCUT2D eigenvalue weighted by molar-refractivity contribution is -0.114. The van der Waals surface area contributed by atoms with Crippen LogP contribution in [-0.4, -0.2) is 44.7 Å². The number of carbonyl (C=O) groups excluding carboxylic acids is 1. The molecule has 196 valence electrons. The number of amides is 1. The van der Waals surface area contributed by atoms with Crippen LogP contribution in [0.25, 0.3) is 22.9 Å². The zero-order chi connectivity index (χ0) is 27.0. The van der Waals surface area contributed by atoms with E-state index in [1.54, 1.807) is 25.2 Å². The van der Waals surface area contributed by atoms with Crippen LogP contribution in [0.3, 0.4) is 0 Å². The quantitative estimate of drug-likeness (QED) is 0.312. The van der Waals surface area contributed by atoms with E-state index in [1.807, 2.05) is 6.20 Å². The highest BCUT2D eigenvalue weighted by Crippen LogP contribution is 2.46. The number of rotatable bonds is 6. The number of fused-ring (bicyclic) bond motifs is 2. The van der Waals surface area contributed by atoms with Crippen molar-refractivity contribution in [1.29, 1.82) is 0 Å². The van der Waals surface area contributed by atoms with E-state index in [2.05, 4.69) is 48.7 Å². The first-order valence-corrected chi connectivity index (χ1v) is 13.3. The van der Waals surface area contributed by atoms with Crippen LogP contribution in [0.4, 0.5) is 11.4 Å². The Labute approximate surface area is 233 Å². The number of nitrogens with zero attached hydrogens (tertiary/aromatic N) is 3. The Bertz CT molecular complexity index is 1440. The summed E-state index contributed by atoms with van der Waals surface area (Å²) < 4.78 is 11.0. The summed E-state index contributed by atoms with van der Waals surface area (Å²) in [6, 6.07) is 10.0. The third-order valence-electron chi connectivity index (χ3n) is 7.16. The minimum Gasteiger partial charge on any atom is -0.495 e. The van der Waals surface area contributed by atoms with Crippen LogP contribution in [0.15, 0.2) is 49.2 Å². The van der Waals surface area contributed by atoms with Crippen molar-refractivity contribution in [2.24, 2.45) is 0 Å². The number of methoxy groups -OCH3 is 2. The van der Waals surface area contributed by atoms with E-state index in [0.717, 1.165) is 53.2 Å². The number of hydrogen-bond donors (Lipinski definition) is 0. The number of aryl methyl sites for hydroxylation is 1. The molecule has 0 saturated carbocycles. The van der Waals surface area contributed by atoms with Crippen molar-refractivity contribution in [2.45, 2.75) is 19.8 Å². The van der Waals surface area contributed by atoms with Gasteiger partial charge in [0.2, 0.25) is 5.91 Å². The maximum Gasteiger partial charge on any atom is 0.250 e. The van der Waals surface area contributed by atoms with Crippen LogP contribution in [0.2, 0.25) is 10.0 Å². The molecule has 0 spiro atoms. The van der Waals surface area contributed by atoms with Crippen molar-refractivity contribution < 1.29 is 14.3 Å². The summed E-state index contributed by atoms with van der Waals surface area (Å²) in [5.74, 6) is 0.924. The van der Waals surface area contributed by atoms with Crippen LogP contribution < -0.4 is 19.3 Å². The standard InChI is InChI=1S/C30H29Cl2N3O3/c1-5-27(36)35-11-7-8-18-9-10-19(13-24(18)35)22-14-23-20(16-33-22)12-21(17-34(23)6-2)28-29(31)25(37-3)15-26(38-4)30(28)32/h5,9-10,12-16H,1,6-8,11,17H2,2-4H3. The molecule has 0 fully saturated rings. The number of pyridine rings is 1. The first-order chi connectivity index (χ1) is 18.4. The van der Waals surface area contributed by atoms with Gasteiger partial charge in [0.05, 0.1) is 30.0 Å². The first kappa shape index (κ1) is 26.1. The van der Waals surface area contributed by atoms with Gasteiger partial charge in [0.15, 0.2) is 0 Å². The van der Waals surface area contributed by atoms with Crippen LogP contribution >= 0.6 is 23.2 Å². The largest absolute Gasteiger partial charge is 0.495 e. The van der Waals surface area contributed by atoms with E-state index < -0.39 is 0 Å². The van der Waals surface area contributed by atoms with E-state index in [1.165, 1.54) is 11.6 Å². The molecule has 38 heavy (non-hydrogen) atoms. The Hall–Kier alpha value is -3.48. The Morgan fingerprint density at radius 1 is 1.11 bits per heavy atom. The number of anilines is 2. The Morgan fingerprint density at radius 2 is 1.84 bits per heavy atom. The summed E-state index contributed by atoms with van der Waals surface area (Å²) in [5.41, 5.74) is 7.59. The maximum absolute atomic E-state index is 12.5. The second-order valence-electron chi connectivity index (χ2n) is 9.24. The van der Waals surface area contributed by atoms with Gasteiger partial charge < -0.3 is 19.3 Å². The number of aromatic nitrogens is 1. The number of halogens is 2. The fourth-order valence-corrected chi connectivity index (χ4v) is 5.94. The lowest BCUT2D eigenvalue weighted by Crippen LogP contribution is -2.34. The molecule has 0 aliphatic carbocycles. The van der Waals surface area contributed by atoms with Crippen molar-refractivity contribution in [2.75, 3.05) is 43.7 Å². The van der Waals surface area contributed by atoms with Crippen molar-refractivity contribution >= 4 is 52.1 Å². The lowest BCUT2D eigenvalue weighted by atomic mass is 9.95. The van der Waals surface area contributed by atoms with Crippen molar-refractivity contribution in [1.82, 2.24) is 4.98 Å². The van der Waals surface area contributed by atoms with E-state index in [-0.39, 0.29) is 5.91 Å². The van der Waals surface area contributed by atoms with Gasteiger partial charge in [-0.1, -0.05) is 41.9 Å². The SMILES string of the molecule is C=CC(=O)N1CCCc2ccc(-c3cc4c(cn3)C=C(c3c(Cl)c(OC)cc(OC)c3Cl)CN4CC)cc21. The predicted octanol–water partition coefficient (Wildman–Crippen LogP) is 6.92. The maximum atomic E-state index is 12.5. The number of ether oxygens (including phenoxy) is 2. The minimum atomic E-state index is -0.0807. The summed E-state index contributed by atoms with van der Waals surface area (Å²) in [5, 5.41) is 0.891. The van der Waals surface area contributed by atoms with Crippen LogP contribution in [-0.2, 0) is 11.2 Å². The molecule has 0 radical (unpaired) electrons. The molecule has 0 saturated heterocycles. The molecule has 6 nitrogen and oxygen atoms in total. The van der Waals surface area contributed by atoms with Gasteiger partial charge in [0.1, 0.15) is 11.5 Å². The normalized spacial score (nSPS) is 14.4. The third kappa shape index (κ3) is 4.52. The topological polar surface area (TPSA) is 54.9 Å². The fraction of sp³-hybridized carbons (Fsp3) is 0.267.